The molecule has 0 bridgehead atoms. The van der Waals surface area contributed by atoms with E-state index in [0.717, 1.165) is 16.0 Å². The van der Waals surface area contributed by atoms with E-state index in [9.17, 15) is 9.59 Å². The third-order valence-electron chi connectivity index (χ3n) is 4.70. The number of hydrogen-bond acceptors (Lipinski definition) is 4. The van der Waals surface area contributed by atoms with E-state index in [1.807, 2.05) is 65.8 Å². The van der Waals surface area contributed by atoms with Crippen LogP contribution in [0.1, 0.15) is 15.9 Å². The van der Waals surface area contributed by atoms with Crippen molar-refractivity contribution in [2.24, 2.45) is 0 Å². The van der Waals surface area contributed by atoms with Gasteiger partial charge in [0.05, 0.1) is 12.1 Å². The Labute approximate surface area is 164 Å². The maximum absolute atomic E-state index is 12.8. The third kappa shape index (κ3) is 5.34. The number of carbonyl (C=O) groups excluding carboxylic acids is 2. The van der Waals surface area contributed by atoms with Crippen LogP contribution in [0, 0.1) is 0 Å². The lowest BCUT2D eigenvalue weighted by Gasteiger charge is -2.34. The van der Waals surface area contributed by atoms with E-state index in [1.54, 1.807) is 11.8 Å². The van der Waals surface area contributed by atoms with Crippen molar-refractivity contribution in [2.45, 2.75) is 11.4 Å². The molecule has 2 aromatic carbocycles. The lowest BCUT2D eigenvalue weighted by atomic mass is 10.2. The van der Waals surface area contributed by atoms with Gasteiger partial charge in [0, 0.05) is 37.6 Å². The molecule has 0 saturated carbocycles. The van der Waals surface area contributed by atoms with Crippen LogP contribution in [0.5, 0.6) is 0 Å². The number of nitrogens with zero attached hydrogens (tertiary/aromatic N) is 2. The fourth-order valence-corrected chi connectivity index (χ4v) is 3.75. The van der Waals surface area contributed by atoms with Crippen molar-refractivity contribution in [2.75, 3.05) is 39.0 Å². The van der Waals surface area contributed by atoms with Gasteiger partial charge in [-0.2, -0.15) is 0 Å². The molecule has 1 aliphatic rings. The van der Waals surface area contributed by atoms with Crippen molar-refractivity contribution >= 4 is 23.6 Å². The van der Waals surface area contributed by atoms with Crippen LogP contribution in [0.2, 0.25) is 0 Å². The van der Waals surface area contributed by atoms with Crippen molar-refractivity contribution < 1.29 is 9.59 Å². The maximum atomic E-state index is 12.8. The molecule has 0 spiro atoms. The zero-order valence-corrected chi connectivity index (χ0v) is 16.4. The monoisotopic (exact) mass is 383 g/mol. The number of thioether (sulfide) groups is 1. The number of nitrogens with one attached hydrogen (secondary N) is 1. The Kier molecular flexibility index (Phi) is 6.90. The Bertz CT molecular complexity index is 774. The molecule has 1 fully saturated rings. The van der Waals surface area contributed by atoms with Crippen LogP contribution in [0.25, 0.3) is 0 Å². The predicted molar refractivity (Wildman–Crippen MR) is 109 cm³/mol. The molecule has 1 heterocycles. The second-order valence-corrected chi connectivity index (χ2v) is 7.38. The first-order valence-corrected chi connectivity index (χ1v) is 10.3. The zero-order chi connectivity index (χ0) is 19.1. The molecule has 6 heteroatoms. The van der Waals surface area contributed by atoms with E-state index < -0.39 is 0 Å². The molecule has 0 radical (unpaired) electrons. The van der Waals surface area contributed by atoms with E-state index in [1.165, 1.54) is 0 Å². The molecule has 0 aliphatic carbocycles. The molecule has 0 atom stereocenters. The molecule has 3 rings (SSSR count). The van der Waals surface area contributed by atoms with Crippen LogP contribution >= 0.6 is 11.8 Å². The highest BCUT2D eigenvalue weighted by atomic mass is 32.2. The molecule has 0 unspecified atom stereocenters. The van der Waals surface area contributed by atoms with Gasteiger partial charge in [0.25, 0.3) is 5.91 Å². The molecule has 1 aliphatic heterocycles. The highest BCUT2D eigenvalue weighted by molar-refractivity contribution is 7.98. The van der Waals surface area contributed by atoms with E-state index in [2.05, 4.69) is 10.2 Å². The number of rotatable bonds is 6. The predicted octanol–water partition coefficient (Wildman–Crippen LogP) is 2.48. The Morgan fingerprint density at radius 1 is 0.963 bits per heavy atom. The average Bonchev–Trinajstić information content (AvgIpc) is 2.73. The topological polar surface area (TPSA) is 52.7 Å². The summed E-state index contributed by atoms with van der Waals surface area (Å²) in [6.45, 7) is 3.64. The molecule has 27 heavy (non-hydrogen) atoms. The lowest BCUT2D eigenvalue weighted by molar-refractivity contribution is -0.122. The Hall–Kier alpha value is -2.31. The highest BCUT2D eigenvalue weighted by Crippen LogP contribution is 2.21. The largest absolute Gasteiger partial charge is 0.351 e. The van der Waals surface area contributed by atoms with Gasteiger partial charge in [-0.15, -0.1) is 11.8 Å². The number of hydrogen-bond donors (Lipinski definition) is 1. The summed E-state index contributed by atoms with van der Waals surface area (Å²) in [5, 5.41) is 2.96. The third-order valence-corrected chi connectivity index (χ3v) is 5.49. The Morgan fingerprint density at radius 2 is 1.63 bits per heavy atom. The molecule has 1 N–H and O–H groups in total. The summed E-state index contributed by atoms with van der Waals surface area (Å²) >= 11 is 1.59. The summed E-state index contributed by atoms with van der Waals surface area (Å²) < 4.78 is 0. The lowest BCUT2D eigenvalue weighted by Crippen LogP contribution is -2.51. The van der Waals surface area contributed by atoms with Gasteiger partial charge in [-0.3, -0.25) is 14.5 Å². The fraction of sp³-hybridized carbons (Fsp3) is 0.333. The molecule has 2 aromatic rings. The Morgan fingerprint density at radius 3 is 2.33 bits per heavy atom. The van der Waals surface area contributed by atoms with Crippen molar-refractivity contribution in [1.82, 2.24) is 15.1 Å². The van der Waals surface area contributed by atoms with Crippen LogP contribution in [0.15, 0.2) is 59.5 Å². The van der Waals surface area contributed by atoms with Crippen molar-refractivity contribution in [1.29, 1.82) is 0 Å². The summed E-state index contributed by atoms with van der Waals surface area (Å²) in [6, 6.07) is 17.6. The van der Waals surface area contributed by atoms with Crippen LogP contribution in [-0.2, 0) is 11.3 Å². The summed E-state index contributed by atoms with van der Waals surface area (Å²) in [6.07, 6.45) is 1.98. The van der Waals surface area contributed by atoms with E-state index in [4.69, 9.17) is 0 Å². The normalized spacial score (nSPS) is 14.8. The number of amides is 2. The minimum absolute atomic E-state index is 0.0198. The molecule has 5 nitrogen and oxygen atoms in total. The van der Waals surface area contributed by atoms with Crippen LogP contribution in [-0.4, -0.2) is 60.6 Å². The molecule has 142 valence electrons. The van der Waals surface area contributed by atoms with Gasteiger partial charge in [0.15, 0.2) is 0 Å². The van der Waals surface area contributed by atoms with Crippen LogP contribution < -0.4 is 5.32 Å². The number of carbonyl (C=O) groups is 2. The first-order chi connectivity index (χ1) is 13.2. The highest BCUT2D eigenvalue weighted by Gasteiger charge is 2.24. The van der Waals surface area contributed by atoms with Crippen molar-refractivity contribution in [3.63, 3.8) is 0 Å². The number of benzene rings is 2. The van der Waals surface area contributed by atoms with Crippen LogP contribution in [0.3, 0.4) is 0 Å². The van der Waals surface area contributed by atoms with Gasteiger partial charge in [-0.25, -0.2) is 0 Å². The molecule has 0 aromatic heterocycles. The maximum Gasteiger partial charge on any atom is 0.255 e. The molecule has 2 amide bonds. The van der Waals surface area contributed by atoms with Gasteiger partial charge in [0.2, 0.25) is 5.91 Å². The molecule has 1 saturated heterocycles. The van der Waals surface area contributed by atoms with E-state index in [0.29, 0.717) is 39.3 Å². The Balaban J connectivity index is 1.46. The van der Waals surface area contributed by atoms with Gasteiger partial charge >= 0.3 is 0 Å². The summed E-state index contributed by atoms with van der Waals surface area (Å²) in [4.78, 5) is 29.9. The minimum Gasteiger partial charge on any atom is -0.351 e. The summed E-state index contributed by atoms with van der Waals surface area (Å²) in [5.41, 5.74) is 1.85. The SMILES string of the molecule is CSc1ccccc1C(=O)N1CCN(CC(=O)NCc2ccccc2)CC1. The van der Waals surface area contributed by atoms with E-state index >= 15 is 0 Å². The summed E-state index contributed by atoms with van der Waals surface area (Å²) in [7, 11) is 0. The summed E-state index contributed by atoms with van der Waals surface area (Å²) in [5.74, 6) is 0.0967. The van der Waals surface area contributed by atoms with Crippen molar-refractivity contribution in [3.8, 4) is 0 Å². The average molecular weight is 384 g/mol. The fourth-order valence-electron chi connectivity index (χ4n) is 3.16. The first kappa shape index (κ1) is 19.5. The smallest absolute Gasteiger partial charge is 0.255 e. The zero-order valence-electron chi connectivity index (χ0n) is 15.6. The molecular formula is C21H25N3O2S. The first-order valence-electron chi connectivity index (χ1n) is 9.12. The van der Waals surface area contributed by atoms with E-state index in [-0.39, 0.29) is 11.8 Å². The standard InChI is InChI=1S/C21H25N3O2S/c1-27-19-10-6-5-9-18(19)21(26)24-13-11-23(12-14-24)16-20(25)22-15-17-7-3-2-4-8-17/h2-10H,11-16H2,1H3,(H,22,25). The quantitative estimate of drug-likeness (QED) is 0.779. The van der Waals surface area contributed by atoms with Gasteiger partial charge < -0.3 is 10.2 Å². The van der Waals surface area contributed by atoms with Gasteiger partial charge in [0.1, 0.15) is 0 Å². The number of piperazine rings is 1. The molecular weight excluding hydrogens is 358 g/mol. The second-order valence-electron chi connectivity index (χ2n) is 6.53. The van der Waals surface area contributed by atoms with Gasteiger partial charge in [-0.1, -0.05) is 42.5 Å². The second kappa shape index (κ2) is 9.58. The van der Waals surface area contributed by atoms with Crippen LogP contribution in [0.4, 0.5) is 0 Å². The van der Waals surface area contributed by atoms with Crippen molar-refractivity contribution in [3.05, 3.63) is 65.7 Å². The van der Waals surface area contributed by atoms with Gasteiger partial charge in [-0.05, 0) is 24.0 Å². The minimum atomic E-state index is 0.0198.